The van der Waals surface area contributed by atoms with Gasteiger partial charge in [0.1, 0.15) is 0 Å². The highest BCUT2D eigenvalue weighted by Crippen LogP contribution is 2.45. The van der Waals surface area contributed by atoms with Crippen molar-refractivity contribution in [2.45, 2.75) is 58.8 Å². The van der Waals surface area contributed by atoms with Crippen LogP contribution in [0.25, 0.3) is 0 Å². The largest absolute Gasteiger partial charge is 0.359 e. The van der Waals surface area contributed by atoms with E-state index in [0.717, 1.165) is 6.42 Å². The Morgan fingerprint density at radius 2 is 1.65 bits per heavy atom. The molecule has 120 valence electrons. The molecule has 1 aliphatic heterocycles. The summed E-state index contributed by atoms with van der Waals surface area (Å²) < 4.78 is 0. The first-order valence-corrected chi connectivity index (χ1v) is 8.23. The summed E-state index contributed by atoms with van der Waals surface area (Å²) in [6, 6.07) is 0. The van der Waals surface area contributed by atoms with Crippen molar-refractivity contribution in [2.24, 2.45) is 17.1 Å². The predicted octanol–water partition coefficient (Wildman–Crippen LogP) is 2.28. The van der Waals surface area contributed by atoms with Crippen molar-refractivity contribution in [3.8, 4) is 0 Å². The molecule has 4 N–H and O–H groups in total. The molecule has 4 heteroatoms. The number of carbonyl (C=O) groups excluding carboxylic acids is 1. The topological polar surface area (TPSA) is 67.1 Å². The average Bonchev–Trinajstić information content (AvgIpc) is 2.54. The second kappa shape index (κ2) is 11.1. The van der Waals surface area contributed by atoms with Gasteiger partial charge in [-0.05, 0) is 70.0 Å². The van der Waals surface area contributed by atoms with Crippen molar-refractivity contribution in [3.63, 3.8) is 0 Å². The molecule has 1 saturated heterocycles. The Morgan fingerprint density at radius 1 is 1.15 bits per heavy atom. The molecule has 2 rings (SSSR count). The van der Waals surface area contributed by atoms with Gasteiger partial charge in [-0.3, -0.25) is 4.79 Å². The lowest BCUT2D eigenvalue weighted by Crippen LogP contribution is -2.39. The Bertz CT molecular complexity index is 240. The quantitative estimate of drug-likeness (QED) is 0.729. The van der Waals surface area contributed by atoms with Gasteiger partial charge in [-0.15, -0.1) is 0 Å². The van der Waals surface area contributed by atoms with E-state index in [1.165, 1.54) is 58.7 Å². The molecule has 20 heavy (non-hydrogen) atoms. The van der Waals surface area contributed by atoms with Gasteiger partial charge in [-0.25, -0.2) is 0 Å². The molecule has 0 bridgehead atoms. The Morgan fingerprint density at radius 3 is 2.10 bits per heavy atom. The summed E-state index contributed by atoms with van der Waals surface area (Å²) in [4.78, 5) is 11.3. The summed E-state index contributed by atoms with van der Waals surface area (Å²) >= 11 is 0. The summed E-state index contributed by atoms with van der Waals surface area (Å²) in [5.41, 5.74) is 5.13. The van der Waals surface area contributed by atoms with Crippen LogP contribution in [-0.4, -0.2) is 33.1 Å². The molecular weight excluding hydrogens is 250 g/mol. The average molecular weight is 285 g/mol. The number of nitrogens with two attached hydrogens (primary N) is 1. The SMILES string of the molecule is CC.CN.CNC(=O)CC1CCC2(CCNCC2)CC1. The number of carbonyl (C=O) groups is 1. The van der Waals surface area contributed by atoms with Crippen LogP contribution in [0.4, 0.5) is 0 Å². The fourth-order valence-electron chi connectivity index (χ4n) is 3.32. The minimum atomic E-state index is 0.214. The van der Waals surface area contributed by atoms with Crippen LogP contribution in [0, 0.1) is 11.3 Å². The van der Waals surface area contributed by atoms with E-state index < -0.39 is 0 Å². The molecule has 0 radical (unpaired) electrons. The zero-order valence-electron chi connectivity index (χ0n) is 13.9. The maximum atomic E-state index is 11.3. The van der Waals surface area contributed by atoms with Gasteiger partial charge in [0.2, 0.25) is 5.91 Å². The van der Waals surface area contributed by atoms with Crippen molar-refractivity contribution < 1.29 is 4.79 Å². The van der Waals surface area contributed by atoms with Crippen LogP contribution in [0.15, 0.2) is 0 Å². The summed E-state index contributed by atoms with van der Waals surface area (Å²) in [6.45, 7) is 6.39. The first-order chi connectivity index (χ1) is 9.74. The zero-order chi connectivity index (χ0) is 15.4. The first-order valence-electron chi connectivity index (χ1n) is 8.23. The van der Waals surface area contributed by atoms with Gasteiger partial charge in [0.15, 0.2) is 0 Å². The number of hydrogen-bond acceptors (Lipinski definition) is 3. The number of hydrogen-bond donors (Lipinski definition) is 3. The Labute approximate surface area is 125 Å². The number of amides is 1. The van der Waals surface area contributed by atoms with Crippen molar-refractivity contribution in [3.05, 3.63) is 0 Å². The van der Waals surface area contributed by atoms with E-state index in [4.69, 9.17) is 0 Å². The normalized spacial score (nSPS) is 21.1. The minimum Gasteiger partial charge on any atom is -0.359 e. The van der Waals surface area contributed by atoms with Gasteiger partial charge in [0.25, 0.3) is 0 Å². The molecule has 0 aromatic heterocycles. The van der Waals surface area contributed by atoms with E-state index in [1.54, 1.807) is 7.05 Å². The van der Waals surface area contributed by atoms with Crippen molar-refractivity contribution in [1.29, 1.82) is 0 Å². The maximum Gasteiger partial charge on any atom is 0.220 e. The number of rotatable bonds is 2. The maximum absolute atomic E-state index is 11.3. The molecule has 1 spiro atoms. The van der Waals surface area contributed by atoms with Crippen molar-refractivity contribution in [2.75, 3.05) is 27.2 Å². The van der Waals surface area contributed by atoms with Crippen LogP contribution in [-0.2, 0) is 4.79 Å². The highest BCUT2D eigenvalue weighted by Gasteiger charge is 2.36. The van der Waals surface area contributed by atoms with Gasteiger partial charge in [-0.2, -0.15) is 0 Å². The second-order valence-corrected chi connectivity index (χ2v) is 5.57. The van der Waals surface area contributed by atoms with Gasteiger partial charge in [0, 0.05) is 13.5 Å². The van der Waals surface area contributed by atoms with Crippen LogP contribution in [0.2, 0.25) is 0 Å². The number of piperidine rings is 1. The second-order valence-electron chi connectivity index (χ2n) is 5.57. The highest BCUT2D eigenvalue weighted by atomic mass is 16.1. The Hall–Kier alpha value is -0.610. The molecule has 0 aromatic carbocycles. The van der Waals surface area contributed by atoms with E-state index in [-0.39, 0.29) is 5.91 Å². The number of nitrogens with one attached hydrogen (secondary N) is 2. The Balaban J connectivity index is 0.000000829. The van der Waals surface area contributed by atoms with E-state index in [1.807, 2.05) is 13.8 Å². The monoisotopic (exact) mass is 285 g/mol. The molecule has 1 aliphatic carbocycles. The van der Waals surface area contributed by atoms with Crippen molar-refractivity contribution >= 4 is 5.91 Å². The molecule has 0 aromatic rings. The lowest BCUT2D eigenvalue weighted by atomic mass is 9.65. The molecule has 1 saturated carbocycles. The molecule has 1 heterocycles. The standard InChI is InChI=1S/C13H24N2O.C2H6.CH5N/c1-14-12(16)10-11-2-4-13(5-3-11)6-8-15-9-7-13;2*1-2/h11,15H,2-10H2,1H3,(H,14,16);1-2H3;2H2,1H3. The summed E-state index contributed by atoms with van der Waals surface area (Å²) in [7, 11) is 3.24. The van der Waals surface area contributed by atoms with E-state index >= 15 is 0 Å². The van der Waals surface area contributed by atoms with Crippen molar-refractivity contribution in [1.82, 2.24) is 10.6 Å². The smallest absolute Gasteiger partial charge is 0.220 e. The summed E-state index contributed by atoms with van der Waals surface area (Å²) in [5, 5.41) is 6.18. The zero-order valence-corrected chi connectivity index (χ0v) is 13.9. The van der Waals surface area contributed by atoms with E-state index in [2.05, 4.69) is 16.4 Å². The van der Waals surface area contributed by atoms with Gasteiger partial charge < -0.3 is 16.4 Å². The molecule has 2 aliphatic rings. The molecule has 1 amide bonds. The van der Waals surface area contributed by atoms with Crippen LogP contribution in [0.3, 0.4) is 0 Å². The fraction of sp³-hybridized carbons (Fsp3) is 0.938. The summed E-state index contributed by atoms with van der Waals surface area (Å²) in [5.74, 6) is 0.853. The van der Waals surface area contributed by atoms with E-state index in [0.29, 0.717) is 11.3 Å². The molecule has 0 unspecified atom stereocenters. The molecule has 2 fully saturated rings. The Kier molecular flexibility index (Phi) is 10.8. The van der Waals surface area contributed by atoms with Crippen LogP contribution < -0.4 is 16.4 Å². The van der Waals surface area contributed by atoms with Crippen LogP contribution in [0.5, 0.6) is 0 Å². The third-order valence-corrected chi connectivity index (χ3v) is 4.58. The molecule has 0 atom stereocenters. The highest BCUT2D eigenvalue weighted by molar-refractivity contribution is 5.75. The van der Waals surface area contributed by atoms with Gasteiger partial charge in [0.05, 0.1) is 0 Å². The summed E-state index contributed by atoms with van der Waals surface area (Å²) in [6.07, 6.45) is 8.64. The van der Waals surface area contributed by atoms with Gasteiger partial charge >= 0.3 is 0 Å². The van der Waals surface area contributed by atoms with Crippen LogP contribution in [0.1, 0.15) is 58.8 Å². The molecular formula is C16H35N3O. The minimum absolute atomic E-state index is 0.214. The third-order valence-electron chi connectivity index (χ3n) is 4.58. The lowest BCUT2D eigenvalue weighted by Gasteiger charge is -2.43. The third kappa shape index (κ3) is 6.23. The van der Waals surface area contributed by atoms with E-state index in [9.17, 15) is 4.79 Å². The van der Waals surface area contributed by atoms with Gasteiger partial charge in [-0.1, -0.05) is 13.8 Å². The lowest BCUT2D eigenvalue weighted by molar-refractivity contribution is -0.122. The molecule has 4 nitrogen and oxygen atoms in total. The first kappa shape index (κ1) is 19.4. The van der Waals surface area contributed by atoms with Crippen LogP contribution >= 0.6 is 0 Å². The predicted molar refractivity (Wildman–Crippen MR) is 86.6 cm³/mol. The fourth-order valence-corrected chi connectivity index (χ4v) is 3.32.